The van der Waals surface area contributed by atoms with Crippen molar-refractivity contribution in [3.05, 3.63) is 35.9 Å². The number of hydrogen-bond acceptors (Lipinski definition) is 2. The van der Waals surface area contributed by atoms with Crippen molar-refractivity contribution >= 4 is 0 Å². The lowest BCUT2D eigenvalue weighted by Gasteiger charge is -2.18. The smallest absolute Gasteiger partial charge is 0.157 e. The Morgan fingerprint density at radius 3 is 2.56 bits per heavy atom. The Morgan fingerprint density at radius 1 is 1.06 bits per heavy atom. The van der Waals surface area contributed by atoms with E-state index in [1.807, 2.05) is 6.07 Å². The van der Waals surface area contributed by atoms with Gasteiger partial charge in [-0.2, -0.15) is 0 Å². The number of benzene rings is 1. The van der Waals surface area contributed by atoms with Crippen LogP contribution in [0.15, 0.2) is 30.4 Å². The molecular weight excluding hydrogens is 200 g/mol. The van der Waals surface area contributed by atoms with Crippen LogP contribution in [0.1, 0.15) is 18.4 Å². The molecule has 2 bridgehead atoms. The number of phenols is 2. The molecule has 3 atom stereocenters. The molecule has 2 aliphatic carbocycles. The van der Waals surface area contributed by atoms with Gasteiger partial charge in [0.25, 0.3) is 0 Å². The van der Waals surface area contributed by atoms with Crippen molar-refractivity contribution in [1.82, 2.24) is 0 Å². The van der Waals surface area contributed by atoms with E-state index in [4.69, 9.17) is 0 Å². The van der Waals surface area contributed by atoms with Crippen LogP contribution in [-0.4, -0.2) is 10.2 Å². The Bertz CT molecular complexity index is 436. The van der Waals surface area contributed by atoms with Gasteiger partial charge in [0.2, 0.25) is 0 Å². The highest BCUT2D eigenvalue weighted by Crippen LogP contribution is 2.45. The minimum Gasteiger partial charge on any atom is -0.504 e. The summed E-state index contributed by atoms with van der Waals surface area (Å²) < 4.78 is 0. The Kier molecular flexibility index (Phi) is 2.16. The SMILES string of the molecule is Oc1ccc(CC2CC3C=CC2C3)cc1O. The van der Waals surface area contributed by atoms with Gasteiger partial charge in [0, 0.05) is 0 Å². The van der Waals surface area contributed by atoms with Crippen LogP contribution in [0.4, 0.5) is 0 Å². The van der Waals surface area contributed by atoms with Crippen molar-refractivity contribution in [2.24, 2.45) is 17.8 Å². The molecule has 1 aromatic rings. The number of allylic oxidation sites excluding steroid dienone is 2. The fourth-order valence-corrected chi connectivity index (χ4v) is 3.13. The normalized spacial score (nSPS) is 31.1. The average molecular weight is 216 g/mol. The highest BCUT2D eigenvalue weighted by molar-refractivity contribution is 5.40. The van der Waals surface area contributed by atoms with Crippen LogP contribution in [0, 0.1) is 17.8 Å². The minimum atomic E-state index is -0.0309. The first-order chi connectivity index (χ1) is 7.72. The summed E-state index contributed by atoms with van der Waals surface area (Å²) in [5.41, 5.74) is 1.13. The van der Waals surface area contributed by atoms with Gasteiger partial charge >= 0.3 is 0 Å². The molecule has 2 heteroatoms. The maximum absolute atomic E-state index is 9.44. The summed E-state index contributed by atoms with van der Waals surface area (Å²) in [4.78, 5) is 0. The molecular formula is C14H16O2. The summed E-state index contributed by atoms with van der Waals surface area (Å²) in [6, 6.07) is 5.17. The molecule has 0 heterocycles. The van der Waals surface area contributed by atoms with Gasteiger partial charge in [0.1, 0.15) is 0 Å². The zero-order valence-corrected chi connectivity index (χ0v) is 9.13. The number of fused-ring (bicyclic) bond motifs is 2. The van der Waals surface area contributed by atoms with Crippen molar-refractivity contribution in [2.75, 3.05) is 0 Å². The van der Waals surface area contributed by atoms with Crippen molar-refractivity contribution in [2.45, 2.75) is 19.3 Å². The quantitative estimate of drug-likeness (QED) is 0.589. The summed E-state index contributed by atoms with van der Waals surface area (Å²) in [7, 11) is 0. The number of rotatable bonds is 2. The third kappa shape index (κ3) is 1.58. The molecule has 1 fully saturated rings. The van der Waals surface area contributed by atoms with Crippen LogP contribution in [0.2, 0.25) is 0 Å². The molecule has 0 aromatic heterocycles. The lowest BCUT2D eigenvalue weighted by molar-refractivity contribution is 0.400. The molecule has 0 aliphatic heterocycles. The van der Waals surface area contributed by atoms with Gasteiger partial charge in [0.05, 0.1) is 0 Å². The second kappa shape index (κ2) is 3.55. The van der Waals surface area contributed by atoms with Gasteiger partial charge in [-0.1, -0.05) is 18.2 Å². The molecule has 1 aromatic carbocycles. The predicted molar refractivity (Wildman–Crippen MR) is 62.3 cm³/mol. The van der Waals surface area contributed by atoms with E-state index in [1.165, 1.54) is 12.8 Å². The summed E-state index contributed by atoms with van der Waals surface area (Å²) in [5, 5.41) is 18.7. The van der Waals surface area contributed by atoms with Gasteiger partial charge in [-0.3, -0.25) is 0 Å². The molecule has 0 saturated heterocycles. The molecule has 2 N–H and O–H groups in total. The van der Waals surface area contributed by atoms with Crippen molar-refractivity contribution in [1.29, 1.82) is 0 Å². The van der Waals surface area contributed by atoms with Crippen molar-refractivity contribution < 1.29 is 10.2 Å². The molecule has 3 unspecified atom stereocenters. The number of aromatic hydroxyl groups is 2. The second-order valence-electron chi connectivity index (χ2n) is 5.07. The number of hydrogen-bond donors (Lipinski definition) is 2. The van der Waals surface area contributed by atoms with Crippen LogP contribution >= 0.6 is 0 Å². The second-order valence-corrected chi connectivity index (χ2v) is 5.07. The molecule has 16 heavy (non-hydrogen) atoms. The van der Waals surface area contributed by atoms with Crippen LogP contribution in [0.25, 0.3) is 0 Å². The van der Waals surface area contributed by atoms with Crippen molar-refractivity contribution in [3.8, 4) is 11.5 Å². The number of phenolic OH excluding ortho intramolecular Hbond substituents is 2. The molecule has 2 aliphatic rings. The lowest BCUT2D eigenvalue weighted by atomic mass is 9.87. The molecule has 3 rings (SSSR count). The van der Waals surface area contributed by atoms with Gasteiger partial charge in [-0.25, -0.2) is 0 Å². The maximum atomic E-state index is 9.44. The first-order valence-corrected chi connectivity index (χ1v) is 5.91. The minimum absolute atomic E-state index is 0.00352. The molecule has 0 radical (unpaired) electrons. The maximum Gasteiger partial charge on any atom is 0.157 e. The van der Waals surface area contributed by atoms with Crippen molar-refractivity contribution in [3.63, 3.8) is 0 Å². The topological polar surface area (TPSA) is 40.5 Å². The Labute approximate surface area is 95.2 Å². The third-order valence-corrected chi connectivity index (χ3v) is 3.95. The van der Waals surface area contributed by atoms with E-state index in [1.54, 1.807) is 12.1 Å². The van der Waals surface area contributed by atoms with Crippen LogP contribution in [0.3, 0.4) is 0 Å². The first kappa shape index (κ1) is 9.76. The van der Waals surface area contributed by atoms with E-state index in [0.717, 1.165) is 29.7 Å². The molecule has 0 amide bonds. The van der Waals surface area contributed by atoms with Gasteiger partial charge in [-0.15, -0.1) is 0 Å². The standard InChI is InChI=1S/C14H16O2/c15-13-4-2-10(8-14(13)16)7-12-6-9-1-3-11(12)5-9/h1-4,8-9,11-12,15-16H,5-7H2. The third-order valence-electron chi connectivity index (χ3n) is 3.95. The highest BCUT2D eigenvalue weighted by atomic mass is 16.3. The van der Waals surface area contributed by atoms with Gasteiger partial charge in [0.15, 0.2) is 11.5 Å². The van der Waals surface area contributed by atoms with Crippen LogP contribution in [0.5, 0.6) is 11.5 Å². The monoisotopic (exact) mass is 216 g/mol. The van der Waals surface area contributed by atoms with Gasteiger partial charge < -0.3 is 10.2 Å². The summed E-state index contributed by atoms with van der Waals surface area (Å²) in [6.45, 7) is 0. The highest BCUT2D eigenvalue weighted by Gasteiger charge is 2.35. The lowest BCUT2D eigenvalue weighted by Crippen LogP contribution is -2.09. The summed E-state index contributed by atoms with van der Waals surface area (Å²) >= 11 is 0. The van der Waals surface area contributed by atoms with Crippen LogP contribution < -0.4 is 0 Å². The zero-order chi connectivity index (χ0) is 11.1. The first-order valence-electron chi connectivity index (χ1n) is 5.91. The van der Waals surface area contributed by atoms with Crippen LogP contribution in [-0.2, 0) is 6.42 Å². The van der Waals surface area contributed by atoms with E-state index in [-0.39, 0.29) is 11.5 Å². The fraction of sp³-hybridized carbons (Fsp3) is 0.429. The van der Waals surface area contributed by atoms with Gasteiger partial charge in [-0.05, 0) is 54.7 Å². The molecule has 1 saturated carbocycles. The molecule has 0 spiro atoms. The van der Waals surface area contributed by atoms with E-state index < -0.39 is 0 Å². The molecule has 2 nitrogen and oxygen atoms in total. The van der Waals surface area contributed by atoms with E-state index in [9.17, 15) is 10.2 Å². The van der Waals surface area contributed by atoms with E-state index in [2.05, 4.69) is 12.2 Å². The summed E-state index contributed by atoms with van der Waals surface area (Å²) in [5.74, 6) is 2.22. The largest absolute Gasteiger partial charge is 0.504 e. The molecule has 84 valence electrons. The van der Waals surface area contributed by atoms with E-state index >= 15 is 0 Å². The average Bonchev–Trinajstić information content (AvgIpc) is 2.85. The Morgan fingerprint density at radius 2 is 1.94 bits per heavy atom. The van der Waals surface area contributed by atoms with E-state index in [0.29, 0.717) is 0 Å². The predicted octanol–water partition coefficient (Wildman–Crippen LogP) is 2.85. The fourth-order valence-electron chi connectivity index (χ4n) is 3.13. The summed E-state index contributed by atoms with van der Waals surface area (Å²) in [6.07, 6.45) is 8.30. The Hall–Kier alpha value is -1.44. The Balaban J connectivity index is 1.75. The zero-order valence-electron chi connectivity index (χ0n) is 9.13.